The summed E-state index contributed by atoms with van der Waals surface area (Å²) in [7, 11) is 1.79. The second kappa shape index (κ2) is 9.01. The summed E-state index contributed by atoms with van der Waals surface area (Å²) in [5.41, 5.74) is 3.01. The van der Waals surface area contributed by atoms with Crippen LogP contribution in [0, 0.1) is 13.8 Å². The molecule has 0 saturated carbocycles. The van der Waals surface area contributed by atoms with Crippen molar-refractivity contribution in [2.75, 3.05) is 11.1 Å². The third kappa shape index (κ3) is 4.19. The van der Waals surface area contributed by atoms with Gasteiger partial charge in [0.2, 0.25) is 11.1 Å². The molecule has 32 heavy (non-hydrogen) atoms. The molecule has 0 aliphatic rings. The number of benzene rings is 2. The molecule has 0 saturated heterocycles. The molecule has 0 unspecified atom stereocenters. The second-order valence-electron chi connectivity index (χ2n) is 7.10. The van der Waals surface area contributed by atoms with E-state index in [9.17, 15) is 9.59 Å². The zero-order chi connectivity index (χ0) is 22.8. The predicted molar refractivity (Wildman–Crippen MR) is 124 cm³/mol. The number of aryl methyl sites for hydroxylation is 1. The summed E-state index contributed by atoms with van der Waals surface area (Å²) in [5, 5.41) is 15.3. The molecule has 164 valence electrons. The Bertz CT molecular complexity index is 1340. The van der Waals surface area contributed by atoms with Crippen LogP contribution < -0.4 is 10.9 Å². The van der Waals surface area contributed by atoms with E-state index in [0.29, 0.717) is 27.2 Å². The monoisotopic (exact) mass is 469 g/mol. The number of anilines is 1. The number of thioether (sulfide) groups is 1. The molecule has 1 amide bonds. The van der Waals surface area contributed by atoms with Gasteiger partial charge in [-0.2, -0.15) is 4.68 Å². The van der Waals surface area contributed by atoms with Crippen molar-refractivity contribution in [2.45, 2.75) is 19.0 Å². The average molecular weight is 470 g/mol. The van der Waals surface area contributed by atoms with Gasteiger partial charge >= 0.3 is 0 Å². The van der Waals surface area contributed by atoms with Crippen molar-refractivity contribution in [3.63, 3.8) is 0 Å². The molecule has 9 nitrogen and oxygen atoms in total. The zero-order valence-corrected chi connectivity index (χ0v) is 19.2. The SMILES string of the molecule is Cc1ccc(NC(=O)CSc2nnnn2-c2c(C)n(C)n(-c3ccccc3)c2=O)c(Cl)c1. The van der Waals surface area contributed by atoms with Gasteiger partial charge in [-0.15, -0.1) is 5.10 Å². The maximum atomic E-state index is 13.2. The van der Waals surface area contributed by atoms with Crippen LogP contribution in [0.3, 0.4) is 0 Å². The molecule has 2 aromatic carbocycles. The number of nitrogens with one attached hydrogen (secondary N) is 1. The van der Waals surface area contributed by atoms with E-state index in [-0.39, 0.29) is 17.2 Å². The molecule has 0 aliphatic heterocycles. The predicted octanol–water partition coefficient (Wildman–Crippen LogP) is 3.15. The Morgan fingerprint density at radius 3 is 2.62 bits per heavy atom. The normalized spacial score (nSPS) is 11.0. The molecular weight excluding hydrogens is 450 g/mol. The molecule has 2 aromatic heterocycles. The summed E-state index contributed by atoms with van der Waals surface area (Å²) in [4.78, 5) is 25.7. The molecule has 0 aliphatic carbocycles. The van der Waals surface area contributed by atoms with Crippen LogP contribution in [-0.4, -0.2) is 41.2 Å². The maximum Gasteiger partial charge on any atom is 0.297 e. The molecule has 4 aromatic rings. The van der Waals surface area contributed by atoms with E-state index in [2.05, 4.69) is 20.8 Å². The van der Waals surface area contributed by atoms with Gasteiger partial charge in [0.15, 0.2) is 5.69 Å². The molecule has 0 fully saturated rings. The topological polar surface area (TPSA) is 99.6 Å². The number of carbonyl (C=O) groups is 1. The van der Waals surface area contributed by atoms with E-state index in [1.165, 1.54) is 4.68 Å². The van der Waals surface area contributed by atoms with Crippen molar-refractivity contribution in [3.05, 3.63) is 75.2 Å². The van der Waals surface area contributed by atoms with Crippen LogP contribution in [0.2, 0.25) is 5.02 Å². The summed E-state index contributed by atoms with van der Waals surface area (Å²) < 4.78 is 4.66. The van der Waals surface area contributed by atoms with Crippen molar-refractivity contribution >= 4 is 35.0 Å². The summed E-state index contributed by atoms with van der Waals surface area (Å²) in [6, 6.07) is 14.7. The fourth-order valence-electron chi connectivity index (χ4n) is 3.25. The quantitative estimate of drug-likeness (QED) is 0.435. The summed E-state index contributed by atoms with van der Waals surface area (Å²) in [5.74, 6) is -0.217. The van der Waals surface area contributed by atoms with Crippen molar-refractivity contribution in [1.29, 1.82) is 0 Å². The highest BCUT2D eigenvalue weighted by Crippen LogP contribution is 2.24. The van der Waals surface area contributed by atoms with Gasteiger partial charge in [0, 0.05) is 7.05 Å². The Kier molecular flexibility index (Phi) is 6.15. The average Bonchev–Trinajstić information content (AvgIpc) is 3.31. The highest BCUT2D eigenvalue weighted by Gasteiger charge is 2.22. The number of amides is 1. The highest BCUT2D eigenvalue weighted by atomic mass is 35.5. The number of aromatic nitrogens is 6. The number of hydrogen-bond acceptors (Lipinski definition) is 6. The number of nitrogens with zero attached hydrogens (tertiary/aromatic N) is 6. The van der Waals surface area contributed by atoms with Crippen LogP contribution in [0.4, 0.5) is 5.69 Å². The van der Waals surface area contributed by atoms with Crippen LogP contribution in [0.25, 0.3) is 11.4 Å². The fraction of sp³-hybridized carbons (Fsp3) is 0.190. The second-order valence-corrected chi connectivity index (χ2v) is 8.45. The Morgan fingerprint density at radius 1 is 1.16 bits per heavy atom. The first-order chi connectivity index (χ1) is 15.4. The number of halogens is 1. The van der Waals surface area contributed by atoms with Crippen LogP contribution in [0.15, 0.2) is 58.5 Å². The maximum absolute atomic E-state index is 13.2. The van der Waals surface area contributed by atoms with Crippen molar-refractivity contribution in [1.82, 2.24) is 29.6 Å². The first kappa shape index (κ1) is 21.8. The Hall–Kier alpha value is -3.37. The highest BCUT2D eigenvalue weighted by molar-refractivity contribution is 7.99. The lowest BCUT2D eigenvalue weighted by Gasteiger charge is -2.08. The minimum Gasteiger partial charge on any atom is -0.324 e. The number of carbonyl (C=O) groups excluding carboxylic acids is 1. The van der Waals surface area contributed by atoms with Crippen LogP contribution in [0.1, 0.15) is 11.3 Å². The summed E-state index contributed by atoms with van der Waals surface area (Å²) >= 11 is 7.31. The molecule has 0 atom stereocenters. The third-order valence-electron chi connectivity index (χ3n) is 4.91. The number of tetrazole rings is 1. The molecule has 4 rings (SSSR count). The summed E-state index contributed by atoms with van der Waals surface area (Å²) in [6.07, 6.45) is 0. The Labute approximate surface area is 193 Å². The van der Waals surface area contributed by atoms with E-state index < -0.39 is 0 Å². The van der Waals surface area contributed by atoms with E-state index in [1.807, 2.05) is 50.2 Å². The minimum absolute atomic E-state index is 0.0450. The Balaban J connectivity index is 1.57. The van der Waals surface area contributed by atoms with E-state index in [4.69, 9.17) is 11.6 Å². The standard InChI is InChI=1S/C21H20ClN7O2S/c1-13-9-10-17(16(22)11-13)23-18(30)12-32-21-24-25-26-28(21)19-14(2)27(3)29(20(19)31)15-7-5-4-6-8-15/h4-11H,12H2,1-3H3,(H,23,30). The van der Waals surface area contributed by atoms with Gasteiger partial charge in [0.1, 0.15) is 0 Å². The molecule has 0 radical (unpaired) electrons. The largest absolute Gasteiger partial charge is 0.324 e. The van der Waals surface area contributed by atoms with Gasteiger partial charge in [-0.25, -0.2) is 4.68 Å². The first-order valence-corrected chi connectivity index (χ1v) is 11.0. The van der Waals surface area contributed by atoms with Gasteiger partial charge in [-0.05, 0) is 54.1 Å². The molecular formula is C21H20ClN7O2S. The van der Waals surface area contributed by atoms with Crippen molar-refractivity contribution in [3.8, 4) is 11.4 Å². The minimum atomic E-state index is -0.263. The van der Waals surface area contributed by atoms with Crippen LogP contribution in [0.5, 0.6) is 0 Å². The van der Waals surface area contributed by atoms with E-state index >= 15 is 0 Å². The molecule has 0 spiro atoms. The smallest absolute Gasteiger partial charge is 0.297 e. The van der Waals surface area contributed by atoms with Crippen molar-refractivity contribution < 1.29 is 4.79 Å². The van der Waals surface area contributed by atoms with Gasteiger partial charge in [-0.3, -0.25) is 14.3 Å². The first-order valence-electron chi connectivity index (χ1n) is 9.68. The number of rotatable bonds is 6. The zero-order valence-electron chi connectivity index (χ0n) is 17.6. The number of para-hydroxylation sites is 1. The Morgan fingerprint density at radius 2 is 1.91 bits per heavy atom. The number of hydrogen-bond donors (Lipinski definition) is 1. The van der Waals surface area contributed by atoms with Crippen LogP contribution >= 0.6 is 23.4 Å². The fourth-order valence-corrected chi connectivity index (χ4v) is 4.20. The lowest BCUT2D eigenvalue weighted by Crippen LogP contribution is -2.22. The lowest BCUT2D eigenvalue weighted by molar-refractivity contribution is -0.113. The molecule has 1 N–H and O–H groups in total. The van der Waals surface area contributed by atoms with Crippen molar-refractivity contribution in [2.24, 2.45) is 7.05 Å². The van der Waals surface area contributed by atoms with Gasteiger partial charge in [0.25, 0.3) is 5.56 Å². The molecule has 2 heterocycles. The van der Waals surface area contributed by atoms with E-state index in [0.717, 1.165) is 23.0 Å². The van der Waals surface area contributed by atoms with E-state index in [1.54, 1.807) is 28.5 Å². The van der Waals surface area contributed by atoms with Gasteiger partial charge in [0.05, 0.1) is 27.8 Å². The van der Waals surface area contributed by atoms with Crippen LogP contribution in [-0.2, 0) is 11.8 Å². The molecule has 11 heteroatoms. The molecule has 0 bridgehead atoms. The van der Waals surface area contributed by atoms with Gasteiger partial charge in [-0.1, -0.05) is 47.6 Å². The lowest BCUT2D eigenvalue weighted by atomic mass is 10.2. The third-order valence-corrected chi connectivity index (χ3v) is 6.14. The summed E-state index contributed by atoms with van der Waals surface area (Å²) in [6.45, 7) is 3.74. The van der Waals surface area contributed by atoms with Gasteiger partial charge < -0.3 is 5.32 Å².